The van der Waals surface area contributed by atoms with Crippen LogP contribution in [0.15, 0.2) is 52.3 Å². The lowest BCUT2D eigenvalue weighted by Gasteiger charge is -2.06. The molecule has 0 radical (unpaired) electrons. The molecule has 18 heavy (non-hydrogen) atoms. The maximum atomic E-state index is 8.75. The first kappa shape index (κ1) is 12.5. The fourth-order valence-electron chi connectivity index (χ4n) is 1.70. The third kappa shape index (κ3) is 3.06. The highest BCUT2D eigenvalue weighted by molar-refractivity contribution is 7.99. The van der Waals surface area contributed by atoms with E-state index in [0.29, 0.717) is 12.1 Å². The smallest absolute Gasteiger partial charge is 0.0670 e. The number of nitrogen functional groups attached to an aromatic ring is 1. The van der Waals surface area contributed by atoms with Gasteiger partial charge in [-0.15, -0.1) is 0 Å². The number of benzene rings is 2. The second-order valence-electron chi connectivity index (χ2n) is 4.11. The molecule has 0 aliphatic rings. The Balaban J connectivity index is 2.24. The Morgan fingerprint density at radius 3 is 2.67 bits per heavy atom. The molecule has 0 bridgehead atoms. The molecule has 0 aromatic heterocycles. The van der Waals surface area contributed by atoms with Crippen LogP contribution in [0.5, 0.6) is 0 Å². The van der Waals surface area contributed by atoms with Gasteiger partial charge in [-0.1, -0.05) is 29.5 Å². The van der Waals surface area contributed by atoms with Gasteiger partial charge in [-0.2, -0.15) is 5.26 Å². The molecular weight excluding hydrogens is 240 g/mol. The van der Waals surface area contributed by atoms with Crippen LogP contribution < -0.4 is 5.73 Å². The van der Waals surface area contributed by atoms with E-state index in [-0.39, 0.29) is 0 Å². The van der Waals surface area contributed by atoms with Crippen molar-refractivity contribution in [2.75, 3.05) is 5.73 Å². The summed E-state index contributed by atoms with van der Waals surface area (Å²) >= 11 is 1.69. The molecule has 2 aromatic rings. The van der Waals surface area contributed by atoms with E-state index in [0.717, 1.165) is 10.5 Å². The van der Waals surface area contributed by atoms with E-state index in [1.807, 2.05) is 24.3 Å². The molecule has 2 rings (SSSR count). The average Bonchev–Trinajstić information content (AvgIpc) is 2.34. The molecule has 0 spiro atoms. The molecule has 3 heteroatoms. The van der Waals surface area contributed by atoms with Crippen molar-refractivity contribution in [2.24, 2.45) is 0 Å². The van der Waals surface area contributed by atoms with Crippen molar-refractivity contribution in [1.82, 2.24) is 0 Å². The van der Waals surface area contributed by atoms with E-state index < -0.39 is 0 Å². The Morgan fingerprint density at radius 2 is 1.94 bits per heavy atom. The van der Waals surface area contributed by atoms with Crippen LogP contribution in [0.2, 0.25) is 0 Å². The summed E-state index contributed by atoms with van der Waals surface area (Å²) < 4.78 is 0. The van der Waals surface area contributed by atoms with Gasteiger partial charge in [-0.3, -0.25) is 0 Å². The van der Waals surface area contributed by atoms with Gasteiger partial charge in [-0.25, -0.2) is 0 Å². The number of aryl methyl sites for hydroxylation is 1. The molecule has 2 nitrogen and oxygen atoms in total. The van der Waals surface area contributed by atoms with Crippen molar-refractivity contribution < 1.29 is 0 Å². The number of anilines is 1. The highest BCUT2D eigenvalue weighted by Gasteiger charge is 2.03. The van der Waals surface area contributed by atoms with Crippen LogP contribution in [0, 0.1) is 18.3 Å². The standard InChI is InChI=1S/C15H14N2S/c1-11-3-2-4-13(9-11)18-14-5-6-15(17)12(10-14)7-8-16/h2-6,9-10H,7,17H2,1H3. The van der Waals surface area contributed by atoms with Crippen molar-refractivity contribution >= 4 is 17.4 Å². The van der Waals surface area contributed by atoms with Gasteiger partial charge in [0.15, 0.2) is 0 Å². The summed E-state index contributed by atoms with van der Waals surface area (Å²) in [5.74, 6) is 0. The van der Waals surface area contributed by atoms with Gasteiger partial charge in [0.25, 0.3) is 0 Å². The Hall–Kier alpha value is -1.92. The quantitative estimate of drug-likeness (QED) is 0.848. The average molecular weight is 254 g/mol. The largest absolute Gasteiger partial charge is 0.398 e. The van der Waals surface area contributed by atoms with Crippen LogP contribution in [0.1, 0.15) is 11.1 Å². The Kier molecular flexibility index (Phi) is 3.91. The van der Waals surface area contributed by atoms with Crippen molar-refractivity contribution in [2.45, 2.75) is 23.1 Å². The normalized spacial score (nSPS) is 10.0. The van der Waals surface area contributed by atoms with E-state index in [9.17, 15) is 0 Å². The van der Waals surface area contributed by atoms with Crippen molar-refractivity contribution in [3.05, 3.63) is 53.6 Å². The lowest BCUT2D eigenvalue weighted by molar-refractivity contribution is 1.23. The minimum atomic E-state index is 0.355. The minimum Gasteiger partial charge on any atom is -0.398 e. The van der Waals surface area contributed by atoms with E-state index in [2.05, 4.69) is 31.2 Å². The molecular formula is C15H14N2S. The zero-order chi connectivity index (χ0) is 13.0. The summed E-state index contributed by atoms with van der Waals surface area (Å²) in [5.41, 5.74) is 8.66. The maximum absolute atomic E-state index is 8.75. The van der Waals surface area contributed by atoms with E-state index >= 15 is 0 Å². The van der Waals surface area contributed by atoms with Gasteiger partial charge >= 0.3 is 0 Å². The van der Waals surface area contributed by atoms with Gasteiger partial charge in [0.2, 0.25) is 0 Å². The van der Waals surface area contributed by atoms with E-state index in [1.54, 1.807) is 11.8 Å². The summed E-state index contributed by atoms with van der Waals surface area (Å²) in [6.07, 6.45) is 0.355. The molecule has 2 aromatic carbocycles. The predicted molar refractivity (Wildman–Crippen MR) is 75.5 cm³/mol. The number of nitrogens with two attached hydrogens (primary N) is 1. The van der Waals surface area contributed by atoms with Crippen LogP contribution in [-0.2, 0) is 6.42 Å². The van der Waals surface area contributed by atoms with E-state index in [1.165, 1.54) is 10.5 Å². The number of hydrogen-bond acceptors (Lipinski definition) is 3. The van der Waals surface area contributed by atoms with E-state index in [4.69, 9.17) is 11.0 Å². The summed E-state index contributed by atoms with van der Waals surface area (Å²) in [5, 5.41) is 8.75. The molecule has 0 heterocycles. The Bertz CT molecular complexity index is 600. The topological polar surface area (TPSA) is 49.8 Å². The van der Waals surface area contributed by atoms with Gasteiger partial charge in [0, 0.05) is 15.5 Å². The maximum Gasteiger partial charge on any atom is 0.0670 e. The summed E-state index contributed by atoms with van der Waals surface area (Å²) in [6.45, 7) is 2.08. The molecule has 0 saturated heterocycles. The first-order valence-electron chi connectivity index (χ1n) is 5.69. The van der Waals surface area contributed by atoms with Crippen molar-refractivity contribution in [3.8, 4) is 6.07 Å². The fraction of sp³-hybridized carbons (Fsp3) is 0.133. The second-order valence-corrected chi connectivity index (χ2v) is 5.26. The fourth-order valence-corrected chi connectivity index (χ4v) is 2.70. The summed E-state index contributed by atoms with van der Waals surface area (Å²) in [6, 6.07) is 16.3. The number of nitrogens with zero attached hydrogens (tertiary/aromatic N) is 1. The molecule has 0 aliphatic carbocycles. The van der Waals surface area contributed by atoms with Crippen LogP contribution in [0.4, 0.5) is 5.69 Å². The third-order valence-electron chi connectivity index (χ3n) is 2.61. The third-order valence-corrected chi connectivity index (χ3v) is 3.59. The molecule has 0 amide bonds. The Labute approximate surface area is 111 Å². The number of rotatable bonds is 3. The molecule has 0 atom stereocenters. The van der Waals surface area contributed by atoms with Crippen LogP contribution >= 0.6 is 11.8 Å². The molecule has 0 aliphatic heterocycles. The number of nitriles is 1. The zero-order valence-electron chi connectivity index (χ0n) is 10.2. The monoisotopic (exact) mass is 254 g/mol. The van der Waals surface area contributed by atoms with Crippen LogP contribution in [0.25, 0.3) is 0 Å². The highest BCUT2D eigenvalue weighted by atomic mass is 32.2. The molecule has 0 fully saturated rings. The summed E-state index contributed by atoms with van der Waals surface area (Å²) in [7, 11) is 0. The minimum absolute atomic E-state index is 0.355. The first-order chi connectivity index (χ1) is 8.69. The van der Waals surface area contributed by atoms with Gasteiger partial charge in [0.1, 0.15) is 0 Å². The van der Waals surface area contributed by atoms with Crippen molar-refractivity contribution in [1.29, 1.82) is 5.26 Å². The molecule has 90 valence electrons. The lowest BCUT2D eigenvalue weighted by atomic mass is 10.1. The van der Waals surface area contributed by atoms with Crippen LogP contribution in [0.3, 0.4) is 0 Å². The second kappa shape index (κ2) is 5.61. The molecule has 2 N–H and O–H groups in total. The molecule has 0 unspecified atom stereocenters. The Morgan fingerprint density at radius 1 is 1.17 bits per heavy atom. The zero-order valence-corrected chi connectivity index (χ0v) is 11.0. The first-order valence-corrected chi connectivity index (χ1v) is 6.50. The molecule has 0 saturated carbocycles. The number of hydrogen-bond donors (Lipinski definition) is 1. The van der Waals surface area contributed by atoms with Crippen LogP contribution in [-0.4, -0.2) is 0 Å². The summed E-state index contributed by atoms with van der Waals surface area (Å²) in [4.78, 5) is 2.31. The highest BCUT2D eigenvalue weighted by Crippen LogP contribution is 2.30. The predicted octanol–water partition coefficient (Wildman–Crippen LogP) is 3.79. The van der Waals surface area contributed by atoms with Gasteiger partial charge < -0.3 is 5.73 Å². The van der Waals surface area contributed by atoms with Gasteiger partial charge in [-0.05, 0) is 42.8 Å². The SMILES string of the molecule is Cc1cccc(Sc2ccc(N)c(CC#N)c2)c1. The lowest BCUT2D eigenvalue weighted by Crippen LogP contribution is -1.93. The van der Waals surface area contributed by atoms with Crippen molar-refractivity contribution in [3.63, 3.8) is 0 Å². The van der Waals surface area contributed by atoms with Gasteiger partial charge in [0.05, 0.1) is 12.5 Å².